The summed E-state index contributed by atoms with van der Waals surface area (Å²) in [7, 11) is 0. The molecular formula is C17H18N2O3. The zero-order chi connectivity index (χ0) is 16.1. The lowest BCUT2D eigenvalue weighted by Crippen LogP contribution is -2.20. The molecule has 2 rings (SSSR count). The van der Waals surface area contributed by atoms with Crippen molar-refractivity contribution in [1.82, 2.24) is 5.43 Å². The van der Waals surface area contributed by atoms with E-state index >= 15 is 0 Å². The van der Waals surface area contributed by atoms with Crippen molar-refractivity contribution < 1.29 is 15.0 Å². The summed E-state index contributed by atoms with van der Waals surface area (Å²) in [5.41, 5.74) is 6.20. The first kappa shape index (κ1) is 15.6. The fourth-order valence-electron chi connectivity index (χ4n) is 2.06. The highest BCUT2D eigenvalue weighted by Crippen LogP contribution is 2.23. The Balaban J connectivity index is 1.94. The number of aromatic hydroxyl groups is 2. The van der Waals surface area contributed by atoms with Crippen molar-refractivity contribution in [2.24, 2.45) is 5.10 Å². The molecule has 0 saturated heterocycles. The molecule has 0 heterocycles. The molecule has 0 saturated carbocycles. The van der Waals surface area contributed by atoms with Crippen LogP contribution in [0.4, 0.5) is 0 Å². The van der Waals surface area contributed by atoms with Crippen LogP contribution in [0.15, 0.2) is 41.5 Å². The second-order valence-corrected chi connectivity index (χ2v) is 5.15. The fraction of sp³-hybridized carbons (Fsp3) is 0.176. The first-order chi connectivity index (χ1) is 10.5. The lowest BCUT2D eigenvalue weighted by atomic mass is 10.0. The number of phenols is 2. The van der Waals surface area contributed by atoms with E-state index in [0.29, 0.717) is 5.56 Å². The Bertz CT molecular complexity index is 724. The summed E-state index contributed by atoms with van der Waals surface area (Å²) in [4.78, 5) is 11.8. The number of amides is 1. The number of phenolic OH excluding ortho intramolecular Hbond substituents is 2. The Kier molecular flexibility index (Phi) is 4.78. The molecule has 1 amide bonds. The number of aryl methyl sites for hydroxylation is 2. The van der Waals surface area contributed by atoms with Gasteiger partial charge in [0, 0.05) is 0 Å². The highest BCUT2D eigenvalue weighted by atomic mass is 16.3. The SMILES string of the molecule is Cc1ccc(CC(=O)N/N=C/c2ccc(O)c(O)c2)c(C)c1. The van der Waals surface area contributed by atoms with Crippen LogP contribution in [-0.4, -0.2) is 22.3 Å². The molecule has 0 fully saturated rings. The maximum Gasteiger partial charge on any atom is 0.244 e. The molecule has 0 aliphatic carbocycles. The van der Waals surface area contributed by atoms with Gasteiger partial charge in [-0.05, 0) is 48.7 Å². The Morgan fingerprint density at radius 2 is 1.91 bits per heavy atom. The summed E-state index contributed by atoms with van der Waals surface area (Å²) in [6, 6.07) is 10.2. The monoisotopic (exact) mass is 298 g/mol. The third-order valence-electron chi connectivity index (χ3n) is 3.25. The number of hydrazone groups is 1. The largest absolute Gasteiger partial charge is 0.504 e. The number of hydrogen-bond acceptors (Lipinski definition) is 4. The minimum Gasteiger partial charge on any atom is -0.504 e. The van der Waals surface area contributed by atoms with Gasteiger partial charge in [-0.3, -0.25) is 4.79 Å². The topological polar surface area (TPSA) is 81.9 Å². The van der Waals surface area contributed by atoms with Crippen LogP contribution in [0.1, 0.15) is 22.3 Å². The van der Waals surface area contributed by atoms with Crippen molar-refractivity contribution in [3.05, 3.63) is 58.7 Å². The molecule has 0 radical (unpaired) electrons. The first-order valence-electron chi connectivity index (χ1n) is 6.85. The van der Waals surface area contributed by atoms with E-state index in [0.717, 1.165) is 16.7 Å². The summed E-state index contributed by atoms with van der Waals surface area (Å²) in [5.74, 6) is -0.646. The molecule has 0 unspecified atom stereocenters. The molecule has 0 spiro atoms. The Hall–Kier alpha value is -2.82. The molecule has 5 nitrogen and oxygen atoms in total. The van der Waals surface area contributed by atoms with Gasteiger partial charge in [0.05, 0.1) is 12.6 Å². The zero-order valence-corrected chi connectivity index (χ0v) is 12.5. The van der Waals surface area contributed by atoms with Gasteiger partial charge in [0.2, 0.25) is 5.91 Å². The van der Waals surface area contributed by atoms with Gasteiger partial charge in [-0.1, -0.05) is 23.8 Å². The predicted octanol–water partition coefficient (Wildman–Crippen LogP) is 2.41. The van der Waals surface area contributed by atoms with Crippen molar-refractivity contribution in [3.8, 4) is 11.5 Å². The molecule has 0 aliphatic heterocycles. The Labute approximate surface area is 128 Å². The summed E-state index contributed by atoms with van der Waals surface area (Å²) >= 11 is 0. The van der Waals surface area contributed by atoms with Gasteiger partial charge >= 0.3 is 0 Å². The number of nitrogens with zero attached hydrogens (tertiary/aromatic N) is 1. The Morgan fingerprint density at radius 1 is 1.14 bits per heavy atom. The third kappa shape index (κ3) is 4.09. The van der Waals surface area contributed by atoms with Gasteiger partial charge in [0.1, 0.15) is 0 Å². The van der Waals surface area contributed by atoms with Crippen LogP contribution in [0.25, 0.3) is 0 Å². The number of benzene rings is 2. The third-order valence-corrected chi connectivity index (χ3v) is 3.25. The molecule has 3 N–H and O–H groups in total. The van der Waals surface area contributed by atoms with Gasteiger partial charge in [0.25, 0.3) is 0 Å². The molecule has 114 valence electrons. The van der Waals surface area contributed by atoms with Crippen LogP contribution in [-0.2, 0) is 11.2 Å². The van der Waals surface area contributed by atoms with Crippen molar-refractivity contribution >= 4 is 12.1 Å². The zero-order valence-electron chi connectivity index (χ0n) is 12.5. The molecule has 0 bridgehead atoms. The number of carbonyl (C=O) groups excluding carboxylic acids is 1. The fourth-order valence-corrected chi connectivity index (χ4v) is 2.06. The van der Waals surface area contributed by atoms with Gasteiger partial charge in [0.15, 0.2) is 11.5 Å². The van der Waals surface area contributed by atoms with Crippen molar-refractivity contribution in [2.45, 2.75) is 20.3 Å². The van der Waals surface area contributed by atoms with Crippen LogP contribution in [0.3, 0.4) is 0 Å². The van der Waals surface area contributed by atoms with Crippen LogP contribution < -0.4 is 5.43 Å². The standard InChI is InChI=1S/C17H18N2O3/c1-11-3-5-14(12(2)7-11)9-17(22)19-18-10-13-4-6-15(20)16(21)8-13/h3-8,10,20-21H,9H2,1-2H3,(H,19,22)/b18-10+. The number of rotatable bonds is 4. The molecular weight excluding hydrogens is 280 g/mol. The lowest BCUT2D eigenvalue weighted by Gasteiger charge is -2.05. The van der Waals surface area contributed by atoms with Gasteiger partial charge in [-0.15, -0.1) is 0 Å². The van der Waals surface area contributed by atoms with E-state index in [1.807, 2.05) is 32.0 Å². The van der Waals surface area contributed by atoms with E-state index in [9.17, 15) is 15.0 Å². The minimum atomic E-state index is -0.231. The quantitative estimate of drug-likeness (QED) is 0.460. The average Bonchev–Trinajstić information content (AvgIpc) is 2.46. The normalized spacial score (nSPS) is 10.8. The maximum atomic E-state index is 11.8. The molecule has 2 aromatic rings. The molecule has 5 heteroatoms. The van der Waals surface area contributed by atoms with Gasteiger partial charge in [-0.2, -0.15) is 5.10 Å². The summed E-state index contributed by atoms with van der Waals surface area (Å²) in [6.07, 6.45) is 1.66. The van der Waals surface area contributed by atoms with E-state index in [1.54, 1.807) is 6.07 Å². The van der Waals surface area contributed by atoms with Crippen LogP contribution >= 0.6 is 0 Å². The maximum absolute atomic E-state index is 11.8. The van der Waals surface area contributed by atoms with Gasteiger partial charge < -0.3 is 10.2 Å². The van der Waals surface area contributed by atoms with Crippen molar-refractivity contribution in [1.29, 1.82) is 0 Å². The Morgan fingerprint density at radius 3 is 2.59 bits per heavy atom. The lowest BCUT2D eigenvalue weighted by molar-refractivity contribution is -0.120. The molecule has 0 aliphatic rings. The highest BCUT2D eigenvalue weighted by Gasteiger charge is 2.05. The smallest absolute Gasteiger partial charge is 0.244 e. The molecule has 0 atom stereocenters. The van der Waals surface area contributed by atoms with E-state index in [2.05, 4.69) is 10.5 Å². The van der Waals surface area contributed by atoms with Crippen LogP contribution in [0.5, 0.6) is 11.5 Å². The predicted molar refractivity (Wildman–Crippen MR) is 85.1 cm³/mol. The molecule has 2 aromatic carbocycles. The average molecular weight is 298 g/mol. The summed E-state index contributed by atoms with van der Waals surface area (Å²) in [5, 5.41) is 22.4. The van der Waals surface area contributed by atoms with E-state index in [-0.39, 0.29) is 23.8 Å². The van der Waals surface area contributed by atoms with E-state index < -0.39 is 0 Å². The molecule has 0 aromatic heterocycles. The number of carbonyl (C=O) groups is 1. The van der Waals surface area contributed by atoms with Gasteiger partial charge in [-0.25, -0.2) is 5.43 Å². The van der Waals surface area contributed by atoms with Crippen LogP contribution in [0, 0.1) is 13.8 Å². The second-order valence-electron chi connectivity index (χ2n) is 5.15. The summed E-state index contributed by atoms with van der Waals surface area (Å²) in [6.45, 7) is 3.98. The van der Waals surface area contributed by atoms with Crippen molar-refractivity contribution in [2.75, 3.05) is 0 Å². The number of hydrogen-bond donors (Lipinski definition) is 3. The molecule has 22 heavy (non-hydrogen) atoms. The van der Waals surface area contributed by atoms with E-state index in [1.165, 1.54) is 18.3 Å². The van der Waals surface area contributed by atoms with Crippen LogP contribution in [0.2, 0.25) is 0 Å². The van der Waals surface area contributed by atoms with E-state index in [4.69, 9.17) is 0 Å². The minimum absolute atomic E-state index is 0.198. The second kappa shape index (κ2) is 6.76. The van der Waals surface area contributed by atoms with Crippen molar-refractivity contribution in [3.63, 3.8) is 0 Å². The highest BCUT2D eigenvalue weighted by molar-refractivity contribution is 5.84. The number of nitrogens with one attached hydrogen (secondary N) is 1. The first-order valence-corrected chi connectivity index (χ1v) is 6.85. The summed E-state index contributed by atoms with van der Waals surface area (Å²) < 4.78 is 0.